The predicted octanol–water partition coefficient (Wildman–Crippen LogP) is -0.275. The lowest BCUT2D eigenvalue weighted by Gasteiger charge is -2.08. The van der Waals surface area contributed by atoms with Crippen LogP contribution < -0.4 is 5.00 Å². The molecule has 0 saturated carbocycles. The minimum absolute atomic E-state index is 0.192. The minimum Gasteiger partial charge on any atom is -0.272 e. The summed E-state index contributed by atoms with van der Waals surface area (Å²) in [6.07, 6.45) is 0.384. The van der Waals surface area contributed by atoms with Crippen LogP contribution in [0.3, 0.4) is 0 Å². The van der Waals surface area contributed by atoms with Gasteiger partial charge in [0.2, 0.25) is 0 Å². The Morgan fingerprint density at radius 3 is 2.30 bits per heavy atom. The fraction of sp³-hybridized carbons (Fsp3) is 0.500. The first-order valence-corrected chi connectivity index (χ1v) is 3.02. The van der Waals surface area contributed by atoms with E-state index in [1.807, 2.05) is 0 Å². The molecule has 1 heterocycles. The fourth-order valence-electron chi connectivity index (χ4n) is 0.692. The Kier molecular flexibility index (Phi) is 2.21. The summed E-state index contributed by atoms with van der Waals surface area (Å²) >= 11 is 4.89. The van der Waals surface area contributed by atoms with E-state index < -0.39 is 0 Å². The average Bonchev–Trinajstić information content (AvgIpc) is 2.20. The molecule has 0 bridgehead atoms. The Labute approximate surface area is 61.9 Å². The number of carbonyl (C=O) groups is 2. The molecular weight excluding hydrogens is 160 g/mol. The molecule has 10 heavy (non-hydrogen) atoms. The summed E-state index contributed by atoms with van der Waals surface area (Å²) in [5.41, 5.74) is 0. The largest absolute Gasteiger partial charge is 0.272 e. The first-order valence-electron chi connectivity index (χ1n) is 2.64. The number of hydrogen-bond donors (Lipinski definition) is 1. The molecule has 6 heteroatoms. The van der Waals surface area contributed by atoms with Crippen LogP contribution in [0.4, 0.5) is 0 Å². The monoisotopic (exact) mass is 164 g/mol. The van der Waals surface area contributed by atoms with Gasteiger partial charge in [-0.05, 0) is 0 Å². The van der Waals surface area contributed by atoms with Crippen LogP contribution in [-0.2, 0) is 14.5 Å². The molecule has 0 aromatic heterocycles. The SMILES string of the molecule is O=C1CCC(=O)N1ONCl. The Morgan fingerprint density at radius 1 is 1.40 bits per heavy atom. The molecule has 1 saturated heterocycles. The van der Waals surface area contributed by atoms with Crippen LogP contribution in [0.25, 0.3) is 0 Å². The number of halogens is 1. The van der Waals surface area contributed by atoms with Gasteiger partial charge in [-0.3, -0.25) is 9.59 Å². The molecule has 5 nitrogen and oxygen atoms in total. The Bertz CT molecular complexity index is 156. The van der Waals surface area contributed by atoms with E-state index in [1.165, 1.54) is 0 Å². The number of nitrogens with one attached hydrogen (secondary N) is 1. The van der Waals surface area contributed by atoms with E-state index >= 15 is 0 Å². The summed E-state index contributed by atoms with van der Waals surface area (Å²) in [4.78, 5) is 27.3. The highest BCUT2D eigenvalue weighted by Gasteiger charge is 2.30. The zero-order chi connectivity index (χ0) is 7.56. The second kappa shape index (κ2) is 2.96. The molecule has 1 rings (SSSR count). The van der Waals surface area contributed by atoms with Gasteiger partial charge in [0, 0.05) is 24.6 Å². The highest BCUT2D eigenvalue weighted by molar-refractivity contribution is 6.12. The molecule has 0 aromatic rings. The van der Waals surface area contributed by atoms with Gasteiger partial charge in [0.05, 0.1) is 0 Å². The summed E-state index contributed by atoms with van der Waals surface area (Å²) in [6.45, 7) is 0. The number of rotatable bonds is 2. The maximum Gasteiger partial charge on any atom is 0.255 e. The number of amides is 2. The molecule has 1 fully saturated rings. The minimum atomic E-state index is -0.377. The molecule has 0 spiro atoms. The lowest BCUT2D eigenvalue weighted by atomic mass is 10.4. The predicted molar refractivity (Wildman–Crippen MR) is 31.2 cm³/mol. The highest BCUT2D eigenvalue weighted by Crippen LogP contribution is 2.10. The molecule has 56 valence electrons. The van der Waals surface area contributed by atoms with Crippen molar-refractivity contribution >= 4 is 23.6 Å². The molecule has 0 aromatic carbocycles. The Balaban J connectivity index is 2.54. The van der Waals surface area contributed by atoms with Crippen LogP contribution >= 0.6 is 11.8 Å². The van der Waals surface area contributed by atoms with Gasteiger partial charge in [-0.2, -0.15) is 4.94 Å². The summed E-state index contributed by atoms with van der Waals surface area (Å²) in [5, 5.41) is 0.604. The topological polar surface area (TPSA) is 58.6 Å². The van der Waals surface area contributed by atoms with Gasteiger partial charge in [-0.1, -0.05) is 5.00 Å². The van der Waals surface area contributed by atoms with Crippen LogP contribution in [0.2, 0.25) is 0 Å². The van der Waals surface area contributed by atoms with E-state index in [-0.39, 0.29) is 24.7 Å². The van der Waals surface area contributed by atoms with Crippen molar-refractivity contribution in [2.75, 3.05) is 0 Å². The Hall–Kier alpha value is -0.650. The van der Waals surface area contributed by atoms with Crippen molar-refractivity contribution in [2.24, 2.45) is 0 Å². The molecule has 1 aliphatic heterocycles. The van der Waals surface area contributed by atoms with Gasteiger partial charge in [-0.15, -0.1) is 5.06 Å². The first kappa shape index (κ1) is 7.46. The van der Waals surface area contributed by atoms with E-state index in [2.05, 4.69) is 4.94 Å². The number of nitrogens with zero attached hydrogens (tertiary/aromatic N) is 1. The van der Waals surface area contributed by atoms with Crippen molar-refractivity contribution in [3.63, 3.8) is 0 Å². The molecule has 1 N–H and O–H groups in total. The highest BCUT2D eigenvalue weighted by atomic mass is 35.5. The molecule has 0 atom stereocenters. The van der Waals surface area contributed by atoms with E-state index in [4.69, 9.17) is 11.8 Å². The third kappa shape index (κ3) is 1.26. The second-order valence-electron chi connectivity index (χ2n) is 1.75. The molecule has 2 amide bonds. The van der Waals surface area contributed by atoms with Crippen molar-refractivity contribution < 1.29 is 14.5 Å². The van der Waals surface area contributed by atoms with Crippen molar-refractivity contribution in [1.29, 1.82) is 0 Å². The number of hydrogen-bond acceptors (Lipinski definition) is 4. The van der Waals surface area contributed by atoms with E-state index in [1.54, 1.807) is 5.00 Å². The second-order valence-corrected chi connectivity index (χ2v) is 1.90. The number of imide groups is 1. The van der Waals surface area contributed by atoms with E-state index in [9.17, 15) is 9.59 Å². The standard InChI is InChI=1S/C4H5ClN2O3/c5-6-10-7-3(8)1-2-4(7)9/h6H,1-2H2. The molecule has 0 unspecified atom stereocenters. The molecule has 0 radical (unpaired) electrons. The van der Waals surface area contributed by atoms with E-state index in [0.717, 1.165) is 0 Å². The lowest BCUT2D eigenvalue weighted by molar-refractivity contribution is -0.197. The van der Waals surface area contributed by atoms with Crippen molar-refractivity contribution in [3.05, 3.63) is 0 Å². The first-order chi connectivity index (χ1) is 4.75. The summed E-state index contributed by atoms with van der Waals surface area (Å²) in [6, 6.07) is 0. The smallest absolute Gasteiger partial charge is 0.255 e. The van der Waals surface area contributed by atoms with Crippen LogP contribution in [-0.4, -0.2) is 16.9 Å². The van der Waals surface area contributed by atoms with Crippen molar-refractivity contribution in [3.8, 4) is 0 Å². The maximum atomic E-state index is 10.7. The summed E-state index contributed by atoms with van der Waals surface area (Å²) in [5.74, 6) is -0.753. The zero-order valence-electron chi connectivity index (χ0n) is 4.96. The van der Waals surface area contributed by atoms with Gasteiger partial charge in [0.25, 0.3) is 11.8 Å². The summed E-state index contributed by atoms with van der Waals surface area (Å²) in [7, 11) is 0. The van der Waals surface area contributed by atoms with Gasteiger partial charge in [-0.25, -0.2) is 0 Å². The molecular formula is C4H5ClN2O3. The van der Waals surface area contributed by atoms with Crippen molar-refractivity contribution in [1.82, 2.24) is 10.1 Å². The van der Waals surface area contributed by atoms with Gasteiger partial charge >= 0.3 is 0 Å². The zero-order valence-corrected chi connectivity index (χ0v) is 5.72. The molecule has 0 aliphatic carbocycles. The van der Waals surface area contributed by atoms with Gasteiger partial charge < -0.3 is 0 Å². The average molecular weight is 165 g/mol. The van der Waals surface area contributed by atoms with Crippen LogP contribution in [0.1, 0.15) is 12.8 Å². The van der Waals surface area contributed by atoms with Gasteiger partial charge in [0.1, 0.15) is 0 Å². The maximum absolute atomic E-state index is 10.7. The Morgan fingerprint density at radius 2 is 1.90 bits per heavy atom. The van der Waals surface area contributed by atoms with Gasteiger partial charge in [0.15, 0.2) is 0 Å². The van der Waals surface area contributed by atoms with Crippen molar-refractivity contribution in [2.45, 2.75) is 12.8 Å². The fourth-order valence-corrected chi connectivity index (χ4v) is 0.761. The summed E-state index contributed by atoms with van der Waals surface area (Å²) < 4.78 is 0. The lowest BCUT2D eigenvalue weighted by Crippen LogP contribution is -2.32. The third-order valence-corrected chi connectivity index (χ3v) is 1.20. The molecule has 1 aliphatic rings. The van der Waals surface area contributed by atoms with E-state index in [0.29, 0.717) is 5.06 Å². The number of hydroxylamine groups is 2. The quantitative estimate of drug-likeness (QED) is 0.347. The van der Waals surface area contributed by atoms with Crippen LogP contribution in [0.15, 0.2) is 0 Å². The third-order valence-electron chi connectivity index (χ3n) is 1.13. The number of carbonyl (C=O) groups excluding carboxylic acids is 2. The van der Waals surface area contributed by atoms with Crippen LogP contribution in [0.5, 0.6) is 0 Å². The normalized spacial score (nSPS) is 18.7. The van der Waals surface area contributed by atoms with Crippen LogP contribution in [0, 0.1) is 0 Å².